The molecule has 0 saturated heterocycles. The van der Waals surface area contributed by atoms with Gasteiger partial charge < -0.3 is 10.4 Å². The number of rotatable bonds is 3. The Balaban J connectivity index is 2.35. The summed E-state index contributed by atoms with van der Waals surface area (Å²) in [5, 5.41) is 22.8. The van der Waals surface area contributed by atoms with Gasteiger partial charge in [-0.15, -0.1) is 0 Å². The predicted molar refractivity (Wildman–Crippen MR) is 74.1 cm³/mol. The summed E-state index contributed by atoms with van der Waals surface area (Å²) in [6.07, 6.45) is 0. The number of carbonyl (C=O) groups is 1. The molecule has 108 valence electrons. The second kappa shape index (κ2) is 5.76. The van der Waals surface area contributed by atoms with Gasteiger partial charge in [0.05, 0.1) is 16.2 Å². The second-order valence-electron chi connectivity index (χ2n) is 4.01. The Labute approximate surface area is 122 Å². The third-order valence-electron chi connectivity index (χ3n) is 2.63. The lowest BCUT2D eigenvalue weighted by Crippen LogP contribution is -2.13. The van der Waals surface area contributed by atoms with Crippen LogP contribution >= 0.6 is 11.6 Å². The molecule has 0 aliphatic rings. The zero-order valence-electron chi connectivity index (χ0n) is 10.3. The molecule has 0 atom stereocenters. The van der Waals surface area contributed by atoms with Crippen molar-refractivity contribution in [3.05, 3.63) is 62.9 Å². The van der Waals surface area contributed by atoms with Crippen LogP contribution in [0.3, 0.4) is 0 Å². The number of anilines is 1. The average Bonchev–Trinajstić information content (AvgIpc) is 2.42. The number of nitro groups is 1. The smallest absolute Gasteiger partial charge is 0.311 e. The number of hydrogen-bond donors (Lipinski definition) is 2. The summed E-state index contributed by atoms with van der Waals surface area (Å²) in [6, 6.07) is 7.01. The molecule has 0 spiro atoms. The minimum absolute atomic E-state index is 0.196. The summed E-state index contributed by atoms with van der Waals surface area (Å²) < 4.78 is 13.5. The monoisotopic (exact) mass is 310 g/mol. The first kappa shape index (κ1) is 14.7. The van der Waals surface area contributed by atoms with Crippen LogP contribution in [0.15, 0.2) is 36.4 Å². The summed E-state index contributed by atoms with van der Waals surface area (Å²) in [7, 11) is 0. The van der Waals surface area contributed by atoms with E-state index in [4.69, 9.17) is 11.6 Å². The third-order valence-corrected chi connectivity index (χ3v) is 2.87. The van der Waals surface area contributed by atoms with E-state index in [0.29, 0.717) is 0 Å². The topological polar surface area (TPSA) is 92.5 Å². The highest BCUT2D eigenvalue weighted by Crippen LogP contribution is 2.30. The van der Waals surface area contributed by atoms with E-state index in [1.165, 1.54) is 24.3 Å². The molecule has 2 rings (SSSR count). The van der Waals surface area contributed by atoms with Crippen molar-refractivity contribution in [3.63, 3.8) is 0 Å². The number of amides is 1. The van der Waals surface area contributed by atoms with Gasteiger partial charge in [-0.1, -0.05) is 17.7 Å². The summed E-state index contributed by atoms with van der Waals surface area (Å²) in [6.45, 7) is 0. The molecule has 0 aromatic heterocycles. The minimum Gasteiger partial charge on any atom is -0.502 e. The van der Waals surface area contributed by atoms with Gasteiger partial charge in [0, 0.05) is 11.1 Å². The lowest BCUT2D eigenvalue weighted by atomic mass is 10.1. The zero-order valence-corrected chi connectivity index (χ0v) is 11.1. The summed E-state index contributed by atoms with van der Waals surface area (Å²) in [4.78, 5) is 21.8. The van der Waals surface area contributed by atoms with Crippen LogP contribution in [0.25, 0.3) is 0 Å². The number of phenolic OH excluding ortho intramolecular Hbond substituents is 1. The van der Waals surface area contributed by atoms with E-state index in [9.17, 15) is 24.4 Å². The Kier molecular flexibility index (Phi) is 4.04. The summed E-state index contributed by atoms with van der Waals surface area (Å²) in [5.41, 5.74) is -1.16. The Bertz CT molecular complexity index is 736. The second-order valence-corrected chi connectivity index (χ2v) is 4.45. The fraction of sp³-hybridized carbons (Fsp3) is 0. The number of halogens is 2. The molecule has 0 heterocycles. The first-order chi connectivity index (χ1) is 9.90. The number of aromatic hydroxyl groups is 1. The van der Waals surface area contributed by atoms with Crippen LogP contribution in [0.4, 0.5) is 15.8 Å². The first-order valence-corrected chi connectivity index (χ1v) is 6.00. The minimum atomic E-state index is -0.891. The molecule has 2 N–H and O–H groups in total. The number of nitrogens with zero attached hydrogens (tertiary/aromatic N) is 1. The quantitative estimate of drug-likeness (QED) is 0.671. The van der Waals surface area contributed by atoms with Gasteiger partial charge >= 0.3 is 5.69 Å². The molecule has 2 aromatic rings. The Morgan fingerprint density at radius 1 is 1.33 bits per heavy atom. The maximum Gasteiger partial charge on any atom is 0.311 e. The molecule has 1 amide bonds. The molecule has 6 nitrogen and oxygen atoms in total. The number of benzene rings is 2. The van der Waals surface area contributed by atoms with E-state index in [2.05, 4.69) is 5.32 Å². The molecule has 0 aliphatic heterocycles. The lowest BCUT2D eigenvalue weighted by Gasteiger charge is -2.08. The summed E-state index contributed by atoms with van der Waals surface area (Å²) in [5.74, 6) is -2.41. The van der Waals surface area contributed by atoms with Gasteiger partial charge in [-0.3, -0.25) is 14.9 Å². The van der Waals surface area contributed by atoms with E-state index in [-0.39, 0.29) is 16.3 Å². The van der Waals surface area contributed by atoms with Crippen molar-refractivity contribution in [3.8, 4) is 5.75 Å². The largest absolute Gasteiger partial charge is 0.502 e. The van der Waals surface area contributed by atoms with Crippen molar-refractivity contribution in [1.82, 2.24) is 0 Å². The predicted octanol–water partition coefficient (Wildman–Crippen LogP) is 3.35. The molecule has 0 aliphatic carbocycles. The number of hydrogen-bond acceptors (Lipinski definition) is 4. The van der Waals surface area contributed by atoms with Crippen molar-refractivity contribution >= 4 is 28.9 Å². The highest BCUT2D eigenvalue weighted by Gasteiger charge is 2.21. The normalized spacial score (nSPS) is 10.2. The van der Waals surface area contributed by atoms with Crippen molar-refractivity contribution in [2.45, 2.75) is 0 Å². The van der Waals surface area contributed by atoms with Crippen LogP contribution in [-0.2, 0) is 0 Å². The standard InChI is InChI=1S/C13H8ClFN2O4/c14-7-4-5-9(15)10(6-7)16-13(19)8-2-1-3-11(12(8)18)17(20)21/h1-6,18H,(H,16,19). The molecule has 0 fully saturated rings. The molecular weight excluding hydrogens is 303 g/mol. The van der Waals surface area contributed by atoms with Crippen molar-refractivity contribution < 1.29 is 19.2 Å². The van der Waals surface area contributed by atoms with Gasteiger partial charge in [0.25, 0.3) is 5.91 Å². The van der Waals surface area contributed by atoms with Crippen molar-refractivity contribution in [1.29, 1.82) is 0 Å². The number of nitrogens with one attached hydrogen (secondary N) is 1. The molecular formula is C13H8ClFN2O4. The molecule has 21 heavy (non-hydrogen) atoms. The molecule has 0 saturated carbocycles. The highest BCUT2D eigenvalue weighted by molar-refractivity contribution is 6.31. The Hall–Kier alpha value is -2.67. The van der Waals surface area contributed by atoms with Crippen LogP contribution in [0.5, 0.6) is 5.75 Å². The van der Waals surface area contributed by atoms with E-state index in [1.807, 2.05) is 0 Å². The van der Waals surface area contributed by atoms with Crippen molar-refractivity contribution in [2.24, 2.45) is 0 Å². The van der Waals surface area contributed by atoms with Gasteiger partial charge in [-0.05, 0) is 24.3 Å². The Morgan fingerprint density at radius 3 is 2.71 bits per heavy atom. The van der Waals surface area contributed by atoms with Crippen LogP contribution in [0, 0.1) is 15.9 Å². The number of phenols is 1. The number of carbonyl (C=O) groups excluding carboxylic acids is 1. The average molecular weight is 311 g/mol. The fourth-order valence-electron chi connectivity index (χ4n) is 1.64. The van der Waals surface area contributed by atoms with Crippen molar-refractivity contribution in [2.75, 3.05) is 5.32 Å². The van der Waals surface area contributed by atoms with Gasteiger partial charge in [-0.2, -0.15) is 0 Å². The van der Waals surface area contributed by atoms with E-state index >= 15 is 0 Å². The van der Waals surface area contributed by atoms with Gasteiger partial charge in [0.2, 0.25) is 5.75 Å². The molecule has 0 bridgehead atoms. The van der Waals surface area contributed by atoms with E-state index in [0.717, 1.165) is 12.1 Å². The first-order valence-electron chi connectivity index (χ1n) is 5.63. The van der Waals surface area contributed by atoms with Crippen LogP contribution in [0.1, 0.15) is 10.4 Å². The van der Waals surface area contributed by atoms with Gasteiger partial charge in [-0.25, -0.2) is 4.39 Å². The number of nitro benzene ring substituents is 1. The maximum absolute atomic E-state index is 13.5. The maximum atomic E-state index is 13.5. The van der Waals surface area contributed by atoms with Crippen LogP contribution in [0.2, 0.25) is 5.02 Å². The Morgan fingerprint density at radius 2 is 2.05 bits per heavy atom. The number of para-hydroxylation sites is 1. The highest BCUT2D eigenvalue weighted by atomic mass is 35.5. The SMILES string of the molecule is O=C(Nc1cc(Cl)ccc1F)c1cccc([N+](=O)[O-])c1O. The van der Waals surface area contributed by atoms with Crippen LogP contribution < -0.4 is 5.32 Å². The molecule has 2 aromatic carbocycles. The van der Waals surface area contributed by atoms with Gasteiger partial charge in [0.1, 0.15) is 5.82 Å². The zero-order chi connectivity index (χ0) is 15.6. The lowest BCUT2D eigenvalue weighted by molar-refractivity contribution is -0.385. The van der Waals surface area contributed by atoms with E-state index in [1.54, 1.807) is 0 Å². The van der Waals surface area contributed by atoms with E-state index < -0.39 is 28.1 Å². The molecule has 8 heteroatoms. The van der Waals surface area contributed by atoms with Gasteiger partial charge in [0.15, 0.2) is 0 Å². The van der Waals surface area contributed by atoms with Crippen LogP contribution in [-0.4, -0.2) is 15.9 Å². The molecule has 0 unspecified atom stereocenters. The molecule has 0 radical (unpaired) electrons. The fourth-order valence-corrected chi connectivity index (χ4v) is 1.82. The third kappa shape index (κ3) is 3.09. The summed E-state index contributed by atoms with van der Waals surface area (Å²) >= 11 is 5.69.